The standard InChI is InChI=1S/C17H19N3O4S2/c18-14(21)8-25-17-20-12-6-5-9(7-13(12)26-17)19-15(22)10-3-1-2-4-11(10)16(23)24/h5-7,10-11H,1-4,8H2,(H2,18,21)(H,19,22)(H,23,24)/t10-,11-/m1/s1. The van der Waals surface area contributed by atoms with Crippen LogP contribution in [-0.2, 0) is 14.4 Å². The Hall–Kier alpha value is -2.13. The fraction of sp³-hybridized carbons (Fsp3) is 0.412. The number of carbonyl (C=O) groups is 3. The Morgan fingerprint density at radius 3 is 2.69 bits per heavy atom. The molecule has 3 rings (SSSR count). The SMILES string of the molecule is NC(=O)CSc1nc2ccc(NC(=O)[C@@H]3CCCC[C@H]3C(=O)O)cc2s1. The first-order valence-corrected chi connectivity index (χ1v) is 10.1. The molecule has 0 aliphatic heterocycles. The number of amides is 2. The smallest absolute Gasteiger partial charge is 0.307 e. The van der Waals surface area contributed by atoms with Crippen molar-refractivity contribution in [3.8, 4) is 0 Å². The maximum Gasteiger partial charge on any atom is 0.307 e. The molecule has 2 amide bonds. The number of thiazole rings is 1. The zero-order valence-electron chi connectivity index (χ0n) is 13.9. The van der Waals surface area contributed by atoms with Gasteiger partial charge in [0, 0.05) is 5.69 Å². The molecule has 1 aliphatic rings. The number of primary amides is 1. The van der Waals surface area contributed by atoms with E-state index in [0.717, 1.165) is 27.4 Å². The highest BCUT2D eigenvalue weighted by atomic mass is 32.2. The van der Waals surface area contributed by atoms with Gasteiger partial charge in [-0.25, -0.2) is 4.98 Å². The summed E-state index contributed by atoms with van der Waals surface area (Å²) in [5.74, 6) is -2.50. The number of hydrogen-bond acceptors (Lipinski definition) is 6. The summed E-state index contributed by atoms with van der Waals surface area (Å²) in [4.78, 5) is 39.2. The van der Waals surface area contributed by atoms with Crippen LogP contribution in [0, 0.1) is 11.8 Å². The van der Waals surface area contributed by atoms with Gasteiger partial charge >= 0.3 is 5.97 Å². The van der Waals surface area contributed by atoms with Gasteiger partial charge in [0.1, 0.15) is 0 Å². The number of nitrogens with one attached hydrogen (secondary N) is 1. The van der Waals surface area contributed by atoms with Gasteiger partial charge in [-0.3, -0.25) is 14.4 Å². The van der Waals surface area contributed by atoms with E-state index in [1.54, 1.807) is 12.1 Å². The minimum atomic E-state index is -0.904. The van der Waals surface area contributed by atoms with Crippen LogP contribution in [0.5, 0.6) is 0 Å². The lowest BCUT2D eigenvalue weighted by molar-refractivity contribution is -0.147. The summed E-state index contributed by atoms with van der Waals surface area (Å²) in [6.07, 6.45) is 2.86. The highest BCUT2D eigenvalue weighted by Gasteiger charge is 2.35. The van der Waals surface area contributed by atoms with Crippen LogP contribution in [0.4, 0.5) is 5.69 Å². The van der Waals surface area contributed by atoms with Gasteiger partial charge in [-0.2, -0.15) is 0 Å². The number of benzene rings is 1. The van der Waals surface area contributed by atoms with E-state index in [1.165, 1.54) is 23.1 Å². The van der Waals surface area contributed by atoms with Gasteiger partial charge in [0.05, 0.1) is 27.8 Å². The number of rotatable bonds is 6. The minimum absolute atomic E-state index is 0.168. The number of aliphatic carboxylic acids is 1. The molecule has 2 atom stereocenters. The van der Waals surface area contributed by atoms with Crippen LogP contribution in [-0.4, -0.2) is 33.6 Å². The van der Waals surface area contributed by atoms with Crippen molar-refractivity contribution < 1.29 is 19.5 Å². The number of carboxylic acid groups (broad SMARTS) is 1. The van der Waals surface area contributed by atoms with E-state index in [1.807, 2.05) is 6.07 Å². The molecular weight excluding hydrogens is 374 g/mol. The first-order chi connectivity index (χ1) is 12.4. The summed E-state index contributed by atoms with van der Waals surface area (Å²) in [6, 6.07) is 5.37. The fourth-order valence-electron chi connectivity index (χ4n) is 3.15. The molecule has 1 fully saturated rings. The molecule has 4 N–H and O–H groups in total. The number of fused-ring (bicyclic) bond motifs is 1. The molecule has 0 bridgehead atoms. The van der Waals surface area contributed by atoms with Crippen molar-refractivity contribution in [3.05, 3.63) is 18.2 Å². The van der Waals surface area contributed by atoms with Gasteiger partial charge in [-0.1, -0.05) is 24.6 Å². The van der Waals surface area contributed by atoms with Crippen molar-refractivity contribution in [1.29, 1.82) is 0 Å². The van der Waals surface area contributed by atoms with Crippen molar-refractivity contribution in [3.63, 3.8) is 0 Å². The summed E-state index contributed by atoms with van der Waals surface area (Å²) in [6.45, 7) is 0. The first-order valence-electron chi connectivity index (χ1n) is 8.29. The van der Waals surface area contributed by atoms with E-state index < -0.39 is 23.7 Å². The average molecular weight is 393 g/mol. The average Bonchev–Trinajstić information content (AvgIpc) is 3.02. The lowest BCUT2D eigenvalue weighted by Crippen LogP contribution is -2.36. The predicted molar refractivity (Wildman–Crippen MR) is 101 cm³/mol. The summed E-state index contributed by atoms with van der Waals surface area (Å²) in [7, 11) is 0. The van der Waals surface area contributed by atoms with Crippen LogP contribution >= 0.6 is 23.1 Å². The molecule has 7 nitrogen and oxygen atoms in total. The van der Waals surface area contributed by atoms with Crippen molar-refractivity contribution in [1.82, 2.24) is 4.98 Å². The van der Waals surface area contributed by atoms with Crippen LogP contribution in [0.1, 0.15) is 25.7 Å². The van der Waals surface area contributed by atoms with Crippen LogP contribution in [0.2, 0.25) is 0 Å². The Balaban J connectivity index is 1.72. The number of carboxylic acids is 1. The largest absolute Gasteiger partial charge is 0.481 e. The highest BCUT2D eigenvalue weighted by Crippen LogP contribution is 2.33. The van der Waals surface area contributed by atoms with Crippen LogP contribution in [0.25, 0.3) is 10.2 Å². The highest BCUT2D eigenvalue weighted by molar-refractivity contribution is 8.01. The third kappa shape index (κ3) is 4.34. The Morgan fingerprint density at radius 2 is 2.00 bits per heavy atom. The summed E-state index contributed by atoms with van der Waals surface area (Å²) < 4.78 is 1.62. The Labute approximate surface area is 158 Å². The summed E-state index contributed by atoms with van der Waals surface area (Å²) in [5.41, 5.74) is 6.54. The maximum absolute atomic E-state index is 12.6. The van der Waals surface area contributed by atoms with E-state index in [0.29, 0.717) is 18.5 Å². The maximum atomic E-state index is 12.6. The number of anilines is 1. The molecule has 1 aliphatic carbocycles. The van der Waals surface area contributed by atoms with Crippen LogP contribution in [0.3, 0.4) is 0 Å². The van der Waals surface area contributed by atoms with Gasteiger partial charge in [0.25, 0.3) is 0 Å². The monoisotopic (exact) mass is 393 g/mol. The zero-order valence-corrected chi connectivity index (χ0v) is 15.6. The number of nitrogens with two attached hydrogens (primary N) is 1. The van der Waals surface area contributed by atoms with Crippen molar-refractivity contribution in [2.75, 3.05) is 11.1 Å². The van der Waals surface area contributed by atoms with Gasteiger partial charge in [-0.05, 0) is 31.0 Å². The molecule has 0 spiro atoms. The molecule has 1 aromatic carbocycles. The molecule has 0 saturated heterocycles. The molecule has 1 heterocycles. The normalized spacial score (nSPS) is 20.0. The predicted octanol–water partition coefficient (Wildman–Crippen LogP) is 2.70. The zero-order chi connectivity index (χ0) is 18.7. The molecule has 138 valence electrons. The molecule has 9 heteroatoms. The summed E-state index contributed by atoms with van der Waals surface area (Å²) in [5, 5.41) is 12.2. The first kappa shape index (κ1) is 18.7. The molecule has 2 aromatic rings. The van der Waals surface area contributed by atoms with E-state index in [-0.39, 0.29) is 11.7 Å². The Bertz CT molecular complexity index is 852. The quantitative estimate of drug-likeness (QED) is 0.649. The molecule has 1 aromatic heterocycles. The van der Waals surface area contributed by atoms with E-state index in [9.17, 15) is 19.5 Å². The third-order valence-electron chi connectivity index (χ3n) is 4.39. The third-order valence-corrected chi connectivity index (χ3v) is 6.58. The molecule has 0 radical (unpaired) electrons. The molecular formula is C17H19N3O4S2. The number of hydrogen-bond donors (Lipinski definition) is 3. The number of carbonyl (C=O) groups excluding carboxylic acids is 2. The van der Waals surface area contributed by atoms with Crippen molar-refractivity contribution >= 4 is 56.8 Å². The molecule has 26 heavy (non-hydrogen) atoms. The molecule has 1 saturated carbocycles. The Kier molecular flexibility index (Phi) is 5.77. The second kappa shape index (κ2) is 8.05. The number of nitrogens with zero attached hydrogens (tertiary/aromatic N) is 1. The van der Waals surface area contributed by atoms with Gasteiger partial charge < -0.3 is 16.2 Å². The van der Waals surface area contributed by atoms with Gasteiger partial charge in [0.15, 0.2) is 4.34 Å². The number of thioether (sulfide) groups is 1. The summed E-state index contributed by atoms with van der Waals surface area (Å²) >= 11 is 2.70. The van der Waals surface area contributed by atoms with Crippen LogP contribution in [0.15, 0.2) is 22.5 Å². The van der Waals surface area contributed by atoms with Crippen molar-refractivity contribution in [2.45, 2.75) is 30.0 Å². The Morgan fingerprint density at radius 1 is 1.27 bits per heavy atom. The number of aromatic nitrogens is 1. The van der Waals surface area contributed by atoms with E-state index in [4.69, 9.17) is 5.73 Å². The van der Waals surface area contributed by atoms with E-state index in [2.05, 4.69) is 10.3 Å². The lowest BCUT2D eigenvalue weighted by Gasteiger charge is -2.27. The second-order valence-corrected chi connectivity index (χ2v) is 8.50. The van der Waals surface area contributed by atoms with Gasteiger partial charge in [-0.15, -0.1) is 11.3 Å². The lowest BCUT2D eigenvalue weighted by atomic mass is 9.78. The van der Waals surface area contributed by atoms with Crippen molar-refractivity contribution in [2.24, 2.45) is 17.6 Å². The van der Waals surface area contributed by atoms with E-state index >= 15 is 0 Å². The minimum Gasteiger partial charge on any atom is -0.481 e. The second-order valence-electron chi connectivity index (χ2n) is 6.24. The topological polar surface area (TPSA) is 122 Å². The molecule has 0 unspecified atom stereocenters. The van der Waals surface area contributed by atoms with Gasteiger partial charge in [0.2, 0.25) is 11.8 Å². The van der Waals surface area contributed by atoms with Crippen LogP contribution < -0.4 is 11.1 Å². The fourth-order valence-corrected chi connectivity index (χ4v) is 5.00.